The molecule has 1 fully saturated rings. The van der Waals surface area contributed by atoms with Gasteiger partial charge in [0.1, 0.15) is 0 Å². The number of thioether (sulfide) groups is 1. The molecule has 1 aromatic carbocycles. The van der Waals surface area contributed by atoms with Gasteiger partial charge in [-0.15, -0.1) is 0 Å². The van der Waals surface area contributed by atoms with Crippen LogP contribution < -0.4 is 5.32 Å². The second kappa shape index (κ2) is 6.46. The number of rotatable bonds is 5. The highest BCUT2D eigenvalue weighted by Crippen LogP contribution is 2.36. The Bertz CT molecular complexity index is 345. The van der Waals surface area contributed by atoms with Crippen LogP contribution in [0.4, 0.5) is 0 Å². The van der Waals surface area contributed by atoms with Crippen LogP contribution in [-0.4, -0.2) is 17.5 Å². The van der Waals surface area contributed by atoms with Gasteiger partial charge in [0.15, 0.2) is 0 Å². The third kappa shape index (κ3) is 3.26. The highest BCUT2D eigenvalue weighted by molar-refractivity contribution is 8.00. The van der Waals surface area contributed by atoms with Gasteiger partial charge < -0.3 is 5.32 Å². The summed E-state index contributed by atoms with van der Waals surface area (Å²) in [7, 11) is 0. The average molecular weight is 249 g/mol. The molecule has 1 aliphatic heterocycles. The Morgan fingerprint density at radius 2 is 2.24 bits per heavy atom. The van der Waals surface area contributed by atoms with E-state index in [1.807, 2.05) is 0 Å². The minimum atomic E-state index is 0.545. The first-order valence-electron chi connectivity index (χ1n) is 6.73. The molecule has 1 nitrogen and oxygen atoms in total. The lowest BCUT2D eigenvalue weighted by Crippen LogP contribution is -2.30. The van der Waals surface area contributed by atoms with Crippen molar-refractivity contribution < 1.29 is 0 Å². The predicted molar refractivity (Wildman–Crippen MR) is 77.7 cm³/mol. The van der Waals surface area contributed by atoms with Crippen molar-refractivity contribution in [3.05, 3.63) is 35.4 Å². The predicted octanol–water partition coefficient (Wildman–Crippen LogP) is 3.93. The third-order valence-corrected chi connectivity index (χ3v) is 4.93. The smallest absolute Gasteiger partial charge is 0.0443 e. The molecule has 1 heterocycles. The molecule has 1 aromatic rings. The van der Waals surface area contributed by atoms with Gasteiger partial charge in [-0.1, -0.05) is 31.2 Å². The lowest BCUT2D eigenvalue weighted by atomic mass is 9.96. The molecule has 2 atom stereocenters. The molecule has 2 rings (SSSR count). The van der Waals surface area contributed by atoms with Crippen LogP contribution in [0.15, 0.2) is 24.3 Å². The molecule has 0 bridgehead atoms. The van der Waals surface area contributed by atoms with Gasteiger partial charge in [0.25, 0.3) is 0 Å². The van der Waals surface area contributed by atoms with E-state index in [4.69, 9.17) is 0 Å². The molecule has 0 saturated carbocycles. The number of hydrogen-bond donors (Lipinski definition) is 1. The van der Waals surface area contributed by atoms with E-state index in [1.165, 1.54) is 36.1 Å². The normalized spacial score (nSPS) is 21.6. The van der Waals surface area contributed by atoms with E-state index in [1.54, 1.807) is 0 Å². The van der Waals surface area contributed by atoms with Gasteiger partial charge >= 0.3 is 0 Å². The van der Waals surface area contributed by atoms with Crippen LogP contribution in [0, 0.1) is 6.92 Å². The Kier molecular flexibility index (Phi) is 4.93. The van der Waals surface area contributed by atoms with E-state index in [0.717, 1.165) is 11.8 Å². The average Bonchev–Trinajstić information content (AvgIpc) is 2.85. The van der Waals surface area contributed by atoms with Crippen LogP contribution in [0.3, 0.4) is 0 Å². The molecule has 94 valence electrons. The van der Waals surface area contributed by atoms with Gasteiger partial charge in [0.05, 0.1) is 0 Å². The van der Waals surface area contributed by atoms with Crippen LogP contribution in [0.2, 0.25) is 0 Å². The van der Waals surface area contributed by atoms with E-state index < -0.39 is 0 Å². The summed E-state index contributed by atoms with van der Waals surface area (Å²) >= 11 is 2.14. The molecule has 2 heteroatoms. The molecular weight excluding hydrogens is 226 g/mol. The zero-order chi connectivity index (χ0) is 12.1. The first kappa shape index (κ1) is 13.0. The maximum atomic E-state index is 3.75. The number of nitrogens with one attached hydrogen (secondary N) is 1. The minimum Gasteiger partial charge on any atom is -0.309 e. The molecule has 0 radical (unpaired) electrons. The fourth-order valence-corrected chi connectivity index (χ4v) is 3.95. The summed E-state index contributed by atoms with van der Waals surface area (Å²) in [4.78, 5) is 0. The zero-order valence-electron chi connectivity index (χ0n) is 10.9. The highest BCUT2D eigenvalue weighted by Gasteiger charge is 2.27. The summed E-state index contributed by atoms with van der Waals surface area (Å²) < 4.78 is 0. The van der Waals surface area contributed by atoms with Crippen molar-refractivity contribution >= 4 is 11.8 Å². The van der Waals surface area contributed by atoms with Crippen LogP contribution in [0.25, 0.3) is 0 Å². The maximum Gasteiger partial charge on any atom is 0.0443 e. The van der Waals surface area contributed by atoms with Crippen LogP contribution in [0.1, 0.15) is 43.4 Å². The van der Waals surface area contributed by atoms with E-state index in [0.29, 0.717) is 6.04 Å². The van der Waals surface area contributed by atoms with Gasteiger partial charge in [-0.05, 0) is 49.6 Å². The van der Waals surface area contributed by atoms with Crippen molar-refractivity contribution in [2.45, 2.75) is 44.4 Å². The van der Waals surface area contributed by atoms with Crippen molar-refractivity contribution in [2.75, 3.05) is 12.3 Å². The van der Waals surface area contributed by atoms with Gasteiger partial charge in [-0.3, -0.25) is 0 Å². The Hall–Kier alpha value is -0.470. The van der Waals surface area contributed by atoms with Crippen LogP contribution in [-0.2, 0) is 0 Å². The number of hydrogen-bond acceptors (Lipinski definition) is 2. The van der Waals surface area contributed by atoms with Crippen molar-refractivity contribution in [2.24, 2.45) is 0 Å². The van der Waals surface area contributed by atoms with Crippen molar-refractivity contribution in [1.82, 2.24) is 5.32 Å². The van der Waals surface area contributed by atoms with Gasteiger partial charge in [0.2, 0.25) is 0 Å². The second-order valence-corrected chi connectivity index (χ2v) is 6.19. The highest BCUT2D eigenvalue weighted by atomic mass is 32.2. The molecule has 17 heavy (non-hydrogen) atoms. The van der Waals surface area contributed by atoms with E-state index in [-0.39, 0.29) is 0 Å². The summed E-state index contributed by atoms with van der Waals surface area (Å²) in [6, 6.07) is 9.38. The third-order valence-electron chi connectivity index (χ3n) is 3.47. The van der Waals surface area contributed by atoms with Crippen molar-refractivity contribution in [1.29, 1.82) is 0 Å². The van der Waals surface area contributed by atoms with E-state index >= 15 is 0 Å². The van der Waals surface area contributed by atoms with Crippen molar-refractivity contribution in [3.63, 3.8) is 0 Å². The van der Waals surface area contributed by atoms with Crippen LogP contribution >= 0.6 is 11.8 Å². The summed E-state index contributed by atoms with van der Waals surface area (Å²) in [5.41, 5.74) is 2.92. The fourth-order valence-electron chi connectivity index (χ4n) is 2.54. The van der Waals surface area contributed by atoms with Gasteiger partial charge in [-0.25, -0.2) is 0 Å². The summed E-state index contributed by atoms with van der Waals surface area (Å²) in [6.45, 7) is 5.59. The van der Waals surface area contributed by atoms with Gasteiger partial charge in [0, 0.05) is 11.3 Å². The summed E-state index contributed by atoms with van der Waals surface area (Å²) in [6.07, 6.45) is 3.95. The van der Waals surface area contributed by atoms with E-state index in [9.17, 15) is 0 Å². The number of aryl methyl sites for hydroxylation is 1. The molecular formula is C15H23NS. The molecule has 1 aliphatic rings. The Morgan fingerprint density at radius 1 is 1.41 bits per heavy atom. The quantitative estimate of drug-likeness (QED) is 0.848. The van der Waals surface area contributed by atoms with Crippen LogP contribution in [0.5, 0.6) is 0 Å². The van der Waals surface area contributed by atoms with Gasteiger partial charge in [-0.2, -0.15) is 11.8 Å². The summed E-state index contributed by atoms with van der Waals surface area (Å²) in [5, 5.41) is 4.51. The monoisotopic (exact) mass is 249 g/mol. The first-order valence-corrected chi connectivity index (χ1v) is 7.78. The molecule has 2 unspecified atom stereocenters. The fraction of sp³-hybridized carbons (Fsp3) is 0.600. The second-order valence-electron chi connectivity index (χ2n) is 4.84. The SMILES string of the molecule is CCCNC(c1ccccc1C)C1CCCS1. The lowest BCUT2D eigenvalue weighted by Gasteiger charge is -2.26. The van der Waals surface area contributed by atoms with E-state index in [2.05, 4.69) is 55.2 Å². The Labute approximate surface area is 109 Å². The lowest BCUT2D eigenvalue weighted by molar-refractivity contribution is 0.501. The number of benzene rings is 1. The Morgan fingerprint density at radius 3 is 2.88 bits per heavy atom. The Balaban J connectivity index is 2.16. The first-order chi connectivity index (χ1) is 8.33. The molecule has 1 N–H and O–H groups in total. The molecule has 1 saturated heterocycles. The minimum absolute atomic E-state index is 0.545. The molecule has 0 aliphatic carbocycles. The topological polar surface area (TPSA) is 12.0 Å². The maximum absolute atomic E-state index is 3.75. The standard InChI is InChI=1S/C15H23NS/c1-3-10-16-15(14-9-6-11-17-14)13-8-5-4-7-12(13)2/h4-5,7-8,14-16H,3,6,9-11H2,1-2H3. The zero-order valence-corrected chi connectivity index (χ0v) is 11.7. The molecule has 0 amide bonds. The molecule has 0 spiro atoms. The van der Waals surface area contributed by atoms with Crippen molar-refractivity contribution in [3.8, 4) is 0 Å². The largest absolute Gasteiger partial charge is 0.309 e. The summed E-state index contributed by atoms with van der Waals surface area (Å²) in [5.74, 6) is 1.33. The molecule has 0 aromatic heterocycles.